The Morgan fingerprint density at radius 1 is 1.29 bits per heavy atom. The van der Waals surface area contributed by atoms with Crippen LogP contribution in [0.2, 0.25) is 0 Å². The Morgan fingerprint density at radius 2 is 2.10 bits per heavy atom. The highest BCUT2D eigenvalue weighted by Crippen LogP contribution is 2.22. The number of ether oxygens (including phenoxy) is 1. The van der Waals surface area contributed by atoms with E-state index in [0.717, 1.165) is 42.2 Å². The van der Waals surface area contributed by atoms with Gasteiger partial charge in [-0.3, -0.25) is 4.68 Å². The number of nitrogens with zero attached hydrogens (tertiary/aromatic N) is 4. The van der Waals surface area contributed by atoms with Crippen LogP contribution in [-0.4, -0.2) is 33.4 Å². The number of hydrogen-bond acceptors (Lipinski definition) is 5. The fourth-order valence-corrected chi connectivity index (χ4v) is 2.17. The second-order valence-corrected chi connectivity index (χ2v) is 4.94. The van der Waals surface area contributed by atoms with E-state index in [1.807, 2.05) is 19.3 Å². The van der Waals surface area contributed by atoms with Crippen LogP contribution in [0.1, 0.15) is 31.7 Å². The second kappa shape index (κ2) is 7.17. The van der Waals surface area contributed by atoms with E-state index in [-0.39, 0.29) is 0 Å². The quantitative estimate of drug-likeness (QED) is 0.848. The Kier molecular flexibility index (Phi) is 5.27. The van der Waals surface area contributed by atoms with Gasteiger partial charge in [-0.2, -0.15) is 5.10 Å². The first-order valence-corrected chi connectivity index (χ1v) is 7.31. The van der Waals surface area contributed by atoms with Gasteiger partial charge in [-0.15, -0.1) is 0 Å². The molecule has 21 heavy (non-hydrogen) atoms. The molecule has 114 valence electrons. The summed E-state index contributed by atoms with van der Waals surface area (Å²) in [5.41, 5.74) is 2.86. The van der Waals surface area contributed by atoms with Crippen LogP contribution in [0, 0.1) is 0 Å². The van der Waals surface area contributed by atoms with Gasteiger partial charge in [0.25, 0.3) is 0 Å². The normalized spacial score (nSPS) is 10.9. The van der Waals surface area contributed by atoms with Crippen LogP contribution in [0.5, 0.6) is 0 Å². The lowest BCUT2D eigenvalue weighted by atomic mass is 10.2. The summed E-state index contributed by atoms with van der Waals surface area (Å²) in [7, 11) is 3.58. The van der Waals surface area contributed by atoms with E-state index in [2.05, 4.69) is 34.2 Å². The summed E-state index contributed by atoms with van der Waals surface area (Å²) in [5.74, 6) is 1.54. The van der Waals surface area contributed by atoms with E-state index in [4.69, 9.17) is 4.74 Å². The van der Waals surface area contributed by atoms with Crippen LogP contribution < -0.4 is 5.32 Å². The molecule has 6 heteroatoms. The zero-order chi connectivity index (χ0) is 15.2. The summed E-state index contributed by atoms with van der Waals surface area (Å²) in [6.07, 6.45) is 3.87. The predicted octanol–water partition coefficient (Wildman–Crippen LogP) is 2.41. The Labute approximate surface area is 125 Å². The summed E-state index contributed by atoms with van der Waals surface area (Å²) in [6.45, 7) is 5.57. The van der Waals surface area contributed by atoms with Crippen LogP contribution in [0.3, 0.4) is 0 Å². The highest BCUT2D eigenvalue weighted by atomic mass is 16.5. The highest BCUT2D eigenvalue weighted by Gasteiger charge is 2.13. The van der Waals surface area contributed by atoms with Gasteiger partial charge in [0.15, 0.2) is 5.82 Å². The van der Waals surface area contributed by atoms with Crippen LogP contribution in [0.25, 0.3) is 11.4 Å². The van der Waals surface area contributed by atoms with Crippen molar-refractivity contribution in [2.24, 2.45) is 7.05 Å². The number of aryl methyl sites for hydroxylation is 2. The SMILES string of the molecule is CCCNc1cc(COC)nc(-c2cn(C)nc2CC)n1. The monoisotopic (exact) mass is 289 g/mol. The summed E-state index contributed by atoms with van der Waals surface area (Å²) in [4.78, 5) is 9.21. The maximum absolute atomic E-state index is 5.20. The Morgan fingerprint density at radius 3 is 2.76 bits per heavy atom. The van der Waals surface area contributed by atoms with Gasteiger partial charge in [-0.1, -0.05) is 13.8 Å². The van der Waals surface area contributed by atoms with E-state index < -0.39 is 0 Å². The summed E-state index contributed by atoms with van der Waals surface area (Å²) in [6, 6.07) is 1.94. The molecule has 2 aromatic rings. The third-order valence-corrected chi connectivity index (χ3v) is 3.11. The topological polar surface area (TPSA) is 64.9 Å². The van der Waals surface area contributed by atoms with Gasteiger partial charge in [0, 0.05) is 33.0 Å². The molecule has 0 radical (unpaired) electrons. The molecule has 2 aromatic heterocycles. The van der Waals surface area contributed by atoms with E-state index in [1.165, 1.54) is 0 Å². The lowest BCUT2D eigenvalue weighted by Gasteiger charge is -2.09. The van der Waals surface area contributed by atoms with Crippen LogP contribution >= 0.6 is 0 Å². The van der Waals surface area contributed by atoms with Gasteiger partial charge >= 0.3 is 0 Å². The third kappa shape index (κ3) is 3.78. The first-order valence-electron chi connectivity index (χ1n) is 7.31. The summed E-state index contributed by atoms with van der Waals surface area (Å²) in [5, 5.41) is 7.77. The van der Waals surface area contributed by atoms with Gasteiger partial charge in [-0.25, -0.2) is 9.97 Å². The van der Waals surface area contributed by atoms with Crippen molar-refractivity contribution in [3.63, 3.8) is 0 Å². The molecule has 0 aliphatic carbocycles. The van der Waals surface area contributed by atoms with Crippen molar-refractivity contribution in [3.8, 4) is 11.4 Å². The van der Waals surface area contributed by atoms with Crippen molar-refractivity contribution in [1.29, 1.82) is 0 Å². The zero-order valence-electron chi connectivity index (χ0n) is 13.2. The molecule has 2 rings (SSSR count). The molecule has 0 fully saturated rings. The summed E-state index contributed by atoms with van der Waals surface area (Å²) < 4.78 is 7.01. The smallest absolute Gasteiger partial charge is 0.165 e. The fraction of sp³-hybridized carbons (Fsp3) is 0.533. The Balaban J connectivity index is 2.42. The van der Waals surface area contributed by atoms with Crippen molar-refractivity contribution < 1.29 is 4.74 Å². The maximum Gasteiger partial charge on any atom is 0.165 e. The number of methoxy groups -OCH3 is 1. The number of hydrogen-bond donors (Lipinski definition) is 1. The van der Waals surface area contributed by atoms with Gasteiger partial charge in [0.1, 0.15) is 5.82 Å². The first-order chi connectivity index (χ1) is 10.2. The van der Waals surface area contributed by atoms with Crippen molar-refractivity contribution in [1.82, 2.24) is 19.7 Å². The molecule has 1 N–H and O–H groups in total. The average Bonchev–Trinajstić information content (AvgIpc) is 2.86. The highest BCUT2D eigenvalue weighted by molar-refractivity contribution is 5.59. The molecular formula is C15H23N5O. The molecule has 0 spiro atoms. The lowest BCUT2D eigenvalue weighted by Crippen LogP contribution is -2.06. The van der Waals surface area contributed by atoms with Crippen LogP contribution in [-0.2, 0) is 24.8 Å². The number of anilines is 1. The Bertz CT molecular complexity index is 594. The first kappa shape index (κ1) is 15.4. The fourth-order valence-electron chi connectivity index (χ4n) is 2.17. The van der Waals surface area contributed by atoms with E-state index in [0.29, 0.717) is 12.4 Å². The Hall–Kier alpha value is -1.95. The standard InChI is InChI=1S/C15H23N5O/c1-5-7-16-14-8-11(10-21-4)17-15(18-14)12-9-20(3)19-13(12)6-2/h8-9H,5-7,10H2,1-4H3,(H,16,17,18). The molecule has 0 saturated heterocycles. The third-order valence-electron chi connectivity index (χ3n) is 3.11. The van der Waals surface area contributed by atoms with Crippen molar-refractivity contribution >= 4 is 5.82 Å². The average molecular weight is 289 g/mol. The zero-order valence-corrected chi connectivity index (χ0v) is 13.2. The molecule has 0 aliphatic heterocycles. The van der Waals surface area contributed by atoms with Crippen molar-refractivity contribution in [2.45, 2.75) is 33.3 Å². The molecular weight excluding hydrogens is 266 g/mol. The van der Waals surface area contributed by atoms with E-state index in [1.54, 1.807) is 11.8 Å². The maximum atomic E-state index is 5.20. The van der Waals surface area contributed by atoms with Gasteiger partial charge in [0.05, 0.1) is 23.6 Å². The molecule has 0 amide bonds. The molecule has 0 saturated carbocycles. The predicted molar refractivity (Wildman–Crippen MR) is 83.1 cm³/mol. The van der Waals surface area contributed by atoms with Crippen molar-refractivity contribution in [3.05, 3.63) is 23.7 Å². The van der Waals surface area contributed by atoms with Crippen molar-refractivity contribution in [2.75, 3.05) is 19.0 Å². The van der Waals surface area contributed by atoms with E-state index in [9.17, 15) is 0 Å². The largest absolute Gasteiger partial charge is 0.378 e. The molecule has 0 unspecified atom stereocenters. The second-order valence-electron chi connectivity index (χ2n) is 4.94. The van der Waals surface area contributed by atoms with Gasteiger partial charge in [-0.05, 0) is 12.8 Å². The lowest BCUT2D eigenvalue weighted by molar-refractivity contribution is 0.181. The molecule has 2 heterocycles. The van der Waals surface area contributed by atoms with E-state index >= 15 is 0 Å². The minimum Gasteiger partial charge on any atom is -0.378 e. The molecule has 6 nitrogen and oxygen atoms in total. The molecule has 0 aromatic carbocycles. The number of rotatable bonds is 7. The minimum absolute atomic E-state index is 0.470. The van der Waals surface area contributed by atoms with Gasteiger partial charge in [0.2, 0.25) is 0 Å². The molecule has 0 bridgehead atoms. The van der Waals surface area contributed by atoms with Gasteiger partial charge < -0.3 is 10.1 Å². The molecule has 0 aliphatic rings. The molecule has 0 atom stereocenters. The van der Waals surface area contributed by atoms with Crippen LogP contribution in [0.15, 0.2) is 12.3 Å². The number of aromatic nitrogens is 4. The van der Waals surface area contributed by atoms with Crippen LogP contribution in [0.4, 0.5) is 5.82 Å². The number of nitrogens with one attached hydrogen (secondary N) is 1. The minimum atomic E-state index is 0.470. The summed E-state index contributed by atoms with van der Waals surface area (Å²) >= 11 is 0.